The Morgan fingerprint density at radius 1 is 0.893 bits per heavy atom. The third kappa shape index (κ3) is 4.83. The Bertz CT molecular complexity index is 951. The van der Waals surface area contributed by atoms with Crippen molar-refractivity contribution in [3.63, 3.8) is 0 Å². The molecule has 0 aliphatic heterocycles. The minimum atomic E-state index is -0.122. The molecule has 146 valence electrons. The number of carbonyl (C=O) groups excluding carboxylic acids is 1. The summed E-state index contributed by atoms with van der Waals surface area (Å²) in [6.45, 7) is 7.00. The first-order valence-corrected chi connectivity index (χ1v) is 9.77. The van der Waals surface area contributed by atoms with E-state index in [9.17, 15) is 4.79 Å². The maximum atomic E-state index is 12.5. The van der Waals surface area contributed by atoms with E-state index in [1.165, 1.54) is 5.39 Å². The number of rotatable bonds is 8. The first kappa shape index (κ1) is 19.7. The van der Waals surface area contributed by atoms with Crippen molar-refractivity contribution in [2.24, 2.45) is 0 Å². The van der Waals surface area contributed by atoms with Gasteiger partial charge in [-0.25, -0.2) is 0 Å². The molecule has 0 saturated carbocycles. The number of ether oxygens (including phenoxy) is 2. The van der Waals surface area contributed by atoms with Crippen molar-refractivity contribution in [1.29, 1.82) is 0 Å². The summed E-state index contributed by atoms with van der Waals surface area (Å²) in [5, 5.41) is 5.40. The first-order valence-electron chi connectivity index (χ1n) is 9.77. The molecule has 28 heavy (non-hydrogen) atoms. The summed E-state index contributed by atoms with van der Waals surface area (Å²) in [6.07, 6.45) is 0.352. The summed E-state index contributed by atoms with van der Waals surface area (Å²) in [6, 6.07) is 20.0. The fourth-order valence-electron chi connectivity index (χ4n) is 3.25. The van der Waals surface area contributed by atoms with Crippen LogP contribution < -0.4 is 14.8 Å². The smallest absolute Gasteiger partial charge is 0.224 e. The molecule has 0 aliphatic carbocycles. The molecule has 1 amide bonds. The van der Waals surface area contributed by atoms with Crippen molar-refractivity contribution >= 4 is 16.7 Å². The number of nitrogens with one attached hydrogen (secondary N) is 1. The monoisotopic (exact) mass is 377 g/mol. The molecule has 4 nitrogen and oxygen atoms in total. The molecule has 0 aromatic heterocycles. The standard InChI is InChI=1S/C24H27NO3/c1-4-27-22-13-12-20(16-23(22)28-5-2)17(3)25-24(26)15-18-10-11-19-8-6-7-9-21(19)14-18/h6-14,16-17H,4-5,15H2,1-3H3,(H,25,26)/t17-/m0/s1. The van der Waals surface area contributed by atoms with E-state index in [1.807, 2.05) is 57.2 Å². The van der Waals surface area contributed by atoms with Gasteiger partial charge >= 0.3 is 0 Å². The molecule has 3 rings (SSSR count). The van der Waals surface area contributed by atoms with Crippen LogP contribution >= 0.6 is 0 Å². The topological polar surface area (TPSA) is 47.6 Å². The van der Waals surface area contributed by atoms with E-state index >= 15 is 0 Å². The molecule has 0 unspecified atom stereocenters. The summed E-state index contributed by atoms with van der Waals surface area (Å²) < 4.78 is 11.3. The van der Waals surface area contributed by atoms with Crippen molar-refractivity contribution in [2.45, 2.75) is 33.2 Å². The van der Waals surface area contributed by atoms with Gasteiger partial charge in [0.2, 0.25) is 5.91 Å². The first-order chi connectivity index (χ1) is 13.6. The molecule has 1 N–H and O–H groups in total. The molecule has 0 aliphatic rings. The van der Waals surface area contributed by atoms with Gasteiger partial charge in [0, 0.05) is 0 Å². The van der Waals surface area contributed by atoms with Crippen molar-refractivity contribution in [3.05, 3.63) is 71.8 Å². The van der Waals surface area contributed by atoms with E-state index in [1.54, 1.807) is 0 Å². The number of fused-ring (bicyclic) bond motifs is 1. The van der Waals surface area contributed by atoms with E-state index in [0.29, 0.717) is 25.4 Å². The number of hydrogen-bond acceptors (Lipinski definition) is 3. The largest absolute Gasteiger partial charge is 0.490 e. The Kier molecular flexibility index (Phi) is 6.53. The lowest BCUT2D eigenvalue weighted by Gasteiger charge is -2.17. The predicted octanol–water partition coefficient (Wildman–Crippen LogP) is 5.06. The zero-order valence-corrected chi connectivity index (χ0v) is 16.7. The molecular weight excluding hydrogens is 350 g/mol. The Hall–Kier alpha value is -3.01. The molecule has 1 atom stereocenters. The van der Waals surface area contributed by atoms with Gasteiger partial charge in [0.05, 0.1) is 25.7 Å². The van der Waals surface area contributed by atoms with Crippen molar-refractivity contribution < 1.29 is 14.3 Å². The molecule has 0 bridgehead atoms. The quantitative estimate of drug-likeness (QED) is 0.597. The van der Waals surface area contributed by atoms with Crippen LogP contribution in [0.2, 0.25) is 0 Å². The molecule has 0 fully saturated rings. The van der Waals surface area contributed by atoms with Gasteiger partial charge in [-0.2, -0.15) is 0 Å². The summed E-state index contributed by atoms with van der Waals surface area (Å²) in [7, 11) is 0. The second-order valence-electron chi connectivity index (χ2n) is 6.72. The van der Waals surface area contributed by atoms with E-state index in [4.69, 9.17) is 9.47 Å². The highest BCUT2D eigenvalue weighted by atomic mass is 16.5. The van der Waals surface area contributed by atoms with Gasteiger partial charge in [-0.15, -0.1) is 0 Å². The third-order valence-corrected chi connectivity index (χ3v) is 4.62. The van der Waals surface area contributed by atoms with Crippen LogP contribution in [0.15, 0.2) is 60.7 Å². The minimum absolute atomic E-state index is 0.00498. The molecule has 0 saturated heterocycles. The highest BCUT2D eigenvalue weighted by molar-refractivity contribution is 5.85. The van der Waals surface area contributed by atoms with Crippen molar-refractivity contribution in [2.75, 3.05) is 13.2 Å². The lowest BCUT2D eigenvalue weighted by Crippen LogP contribution is -2.28. The molecule has 0 heterocycles. The highest BCUT2D eigenvalue weighted by Crippen LogP contribution is 2.30. The Morgan fingerprint density at radius 3 is 2.36 bits per heavy atom. The van der Waals surface area contributed by atoms with E-state index in [-0.39, 0.29) is 11.9 Å². The second-order valence-corrected chi connectivity index (χ2v) is 6.72. The SMILES string of the molecule is CCOc1ccc([C@H](C)NC(=O)Cc2ccc3ccccc3c2)cc1OCC. The van der Waals surface area contributed by atoms with Gasteiger partial charge in [0.1, 0.15) is 0 Å². The van der Waals surface area contributed by atoms with E-state index in [2.05, 4.69) is 29.6 Å². The number of benzene rings is 3. The van der Waals surface area contributed by atoms with Gasteiger partial charge in [0.15, 0.2) is 11.5 Å². The Morgan fingerprint density at radius 2 is 1.61 bits per heavy atom. The average molecular weight is 377 g/mol. The lowest BCUT2D eigenvalue weighted by molar-refractivity contribution is -0.121. The van der Waals surface area contributed by atoms with Crippen molar-refractivity contribution in [3.8, 4) is 11.5 Å². The zero-order valence-electron chi connectivity index (χ0n) is 16.7. The normalized spacial score (nSPS) is 11.8. The third-order valence-electron chi connectivity index (χ3n) is 4.62. The van der Waals surface area contributed by atoms with Gasteiger partial charge in [-0.1, -0.05) is 48.5 Å². The Labute approximate surface area is 166 Å². The maximum absolute atomic E-state index is 12.5. The van der Waals surface area contributed by atoms with Crippen LogP contribution in [0.1, 0.15) is 37.9 Å². The summed E-state index contributed by atoms with van der Waals surface area (Å²) in [4.78, 5) is 12.5. The van der Waals surface area contributed by atoms with Crippen LogP contribution in [-0.2, 0) is 11.2 Å². The van der Waals surface area contributed by atoms with Crippen LogP contribution in [0.3, 0.4) is 0 Å². The van der Waals surface area contributed by atoms with Gasteiger partial charge < -0.3 is 14.8 Å². The molecule has 4 heteroatoms. The van der Waals surface area contributed by atoms with Gasteiger partial charge in [-0.05, 0) is 54.8 Å². The van der Waals surface area contributed by atoms with Crippen LogP contribution in [-0.4, -0.2) is 19.1 Å². The van der Waals surface area contributed by atoms with Gasteiger partial charge in [-0.3, -0.25) is 4.79 Å². The number of hydrogen-bond donors (Lipinski definition) is 1. The van der Waals surface area contributed by atoms with Crippen LogP contribution in [0.5, 0.6) is 11.5 Å². The zero-order chi connectivity index (χ0) is 19.9. The fraction of sp³-hybridized carbons (Fsp3) is 0.292. The van der Waals surface area contributed by atoms with Crippen LogP contribution in [0.4, 0.5) is 0 Å². The summed E-state index contributed by atoms with van der Waals surface area (Å²) in [5.41, 5.74) is 1.99. The van der Waals surface area contributed by atoms with Gasteiger partial charge in [0.25, 0.3) is 0 Å². The molecule has 3 aromatic carbocycles. The second kappa shape index (κ2) is 9.27. The molecule has 0 spiro atoms. The number of carbonyl (C=O) groups is 1. The summed E-state index contributed by atoms with van der Waals surface area (Å²) in [5.74, 6) is 1.43. The molecular formula is C24H27NO3. The predicted molar refractivity (Wildman–Crippen MR) is 113 cm³/mol. The lowest BCUT2D eigenvalue weighted by atomic mass is 10.0. The van der Waals surface area contributed by atoms with Crippen molar-refractivity contribution in [1.82, 2.24) is 5.32 Å². The molecule has 0 radical (unpaired) electrons. The maximum Gasteiger partial charge on any atom is 0.224 e. The van der Waals surface area contributed by atoms with E-state index in [0.717, 1.165) is 22.3 Å². The summed E-state index contributed by atoms with van der Waals surface area (Å²) >= 11 is 0. The van der Waals surface area contributed by atoms with Crippen LogP contribution in [0.25, 0.3) is 10.8 Å². The number of amides is 1. The average Bonchev–Trinajstić information content (AvgIpc) is 2.69. The van der Waals surface area contributed by atoms with E-state index < -0.39 is 0 Å². The molecule has 3 aromatic rings. The highest BCUT2D eigenvalue weighted by Gasteiger charge is 2.14. The van der Waals surface area contributed by atoms with Crippen LogP contribution in [0, 0.1) is 0 Å². The fourth-order valence-corrected chi connectivity index (χ4v) is 3.25. The minimum Gasteiger partial charge on any atom is -0.490 e. The Balaban J connectivity index is 1.68.